The molecule has 0 aliphatic carbocycles. The Morgan fingerprint density at radius 3 is 2.31 bits per heavy atom. The molecule has 0 aromatic heterocycles. The first-order valence-corrected chi connectivity index (χ1v) is 11.7. The minimum absolute atomic E-state index is 0.0991. The van der Waals surface area contributed by atoms with Gasteiger partial charge in [0, 0.05) is 50.2 Å². The van der Waals surface area contributed by atoms with Crippen molar-refractivity contribution < 1.29 is 22.7 Å². The molecule has 1 amide bonds. The predicted molar refractivity (Wildman–Crippen MR) is 109 cm³/mol. The lowest BCUT2D eigenvalue weighted by molar-refractivity contribution is -0.137. The second kappa shape index (κ2) is 9.36. The maximum absolute atomic E-state index is 12.9. The number of hydrogen-bond acceptors (Lipinski definition) is 5. The summed E-state index contributed by atoms with van der Waals surface area (Å²) in [6.45, 7) is 6.95. The normalized spacial score (nSPS) is 21.2. The smallest absolute Gasteiger partial charge is 0.243 e. The number of piperidine rings is 1. The highest BCUT2D eigenvalue weighted by Crippen LogP contribution is 2.26. The Kier molecular flexibility index (Phi) is 7.08. The highest BCUT2D eigenvalue weighted by atomic mass is 32.2. The van der Waals surface area contributed by atoms with E-state index in [9.17, 15) is 18.0 Å². The van der Waals surface area contributed by atoms with Gasteiger partial charge >= 0.3 is 0 Å². The highest BCUT2D eigenvalue weighted by molar-refractivity contribution is 7.89. The van der Waals surface area contributed by atoms with E-state index in [-0.39, 0.29) is 22.5 Å². The third-order valence-electron chi connectivity index (χ3n) is 5.90. The van der Waals surface area contributed by atoms with Gasteiger partial charge in [0.05, 0.1) is 11.5 Å². The first-order valence-electron chi connectivity index (χ1n) is 10.3. The topological polar surface area (TPSA) is 84.0 Å². The highest BCUT2D eigenvalue weighted by Gasteiger charge is 2.34. The zero-order chi connectivity index (χ0) is 21.0. The minimum atomic E-state index is -3.62. The van der Waals surface area contributed by atoms with Crippen LogP contribution in [0.15, 0.2) is 29.2 Å². The van der Waals surface area contributed by atoms with Crippen LogP contribution in [-0.2, 0) is 19.6 Å². The van der Waals surface area contributed by atoms with Crippen molar-refractivity contribution >= 4 is 21.7 Å². The Bertz CT molecular complexity index is 823. The van der Waals surface area contributed by atoms with Gasteiger partial charge in [0.15, 0.2) is 5.78 Å². The fraction of sp³-hybridized carbons (Fsp3) is 0.619. The largest absolute Gasteiger partial charge is 0.381 e. The molecule has 7 nitrogen and oxygen atoms in total. The number of ether oxygens (including phenoxy) is 1. The van der Waals surface area contributed by atoms with E-state index in [0.29, 0.717) is 50.6 Å². The van der Waals surface area contributed by atoms with Crippen LogP contribution < -0.4 is 0 Å². The molecule has 2 aliphatic heterocycles. The fourth-order valence-corrected chi connectivity index (χ4v) is 5.50. The average molecular weight is 423 g/mol. The molecule has 0 saturated carbocycles. The van der Waals surface area contributed by atoms with E-state index in [0.717, 1.165) is 19.6 Å². The molecule has 0 radical (unpaired) electrons. The number of amides is 1. The van der Waals surface area contributed by atoms with Crippen LogP contribution in [0.5, 0.6) is 0 Å². The van der Waals surface area contributed by atoms with Crippen molar-refractivity contribution in [2.75, 3.05) is 39.4 Å². The van der Waals surface area contributed by atoms with Crippen molar-refractivity contribution in [3.8, 4) is 0 Å². The molecular weight excluding hydrogens is 392 g/mol. The molecule has 1 unspecified atom stereocenters. The van der Waals surface area contributed by atoms with E-state index in [4.69, 9.17) is 4.74 Å². The van der Waals surface area contributed by atoms with Crippen molar-refractivity contribution in [3.05, 3.63) is 29.8 Å². The number of nitrogens with zero attached hydrogens (tertiary/aromatic N) is 2. The van der Waals surface area contributed by atoms with E-state index in [1.54, 1.807) is 0 Å². The van der Waals surface area contributed by atoms with E-state index in [1.165, 1.54) is 35.5 Å². The Labute approximate surface area is 173 Å². The molecule has 2 saturated heterocycles. The van der Waals surface area contributed by atoms with Gasteiger partial charge in [0.25, 0.3) is 0 Å². The lowest BCUT2D eigenvalue weighted by atomic mass is 9.96. The van der Waals surface area contributed by atoms with Crippen LogP contribution in [0.2, 0.25) is 0 Å². The third-order valence-corrected chi connectivity index (χ3v) is 7.81. The summed E-state index contributed by atoms with van der Waals surface area (Å²) in [6, 6.07) is 6.03. The molecule has 2 heterocycles. The Balaban J connectivity index is 1.59. The van der Waals surface area contributed by atoms with Crippen LogP contribution in [0.1, 0.15) is 43.5 Å². The van der Waals surface area contributed by atoms with Crippen LogP contribution in [0, 0.1) is 11.8 Å². The second-order valence-corrected chi connectivity index (χ2v) is 9.80. The number of hydrogen-bond donors (Lipinski definition) is 0. The molecule has 1 aromatic carbocycles. The SMILES string of the molecule is CCN(CC1CCOC1)C(=O)C1CCN(S(=O)(=O)c2ccc(C(C)=O)cc2)CC1. The summed E-state index contributed by atoms with van der Waals surface area (Å²) in [7, 11) is -3.62. The average Bonchev–Trinajstić information content (AvgIpc) is 3.25. The van der Waals surface area contributed by atoms with Crippen molar-refractivity contribution in [2.45, 2.75) is 38.0 Å². The summed E-state index contributed by atoms with van der Waals surface area (Å²) in [5, 5.41) is 0. The summed E-state index contributed by atoms with van der Waals surface area (Å²) >= 11 is 0. The molecule has 1 aromatic rings. The van der Waals surface area contributed by atoms with Crippen LogP contribution in [0.4, 0.5) is 0 Å². The molecule has 3 rings (SSSR count). The molecule has 29 heavy (non-hydrogen) atoms. The van der Waals surface area contributed by atoms with Crippen molar-refractivity contribution in [2.24, 2.45) is 11.8 Å². The Morgan fingerprint density at radius 2 is 1.79 bits per heavy atom. The van der Waals surface area contributed by atoms with Crippen LogP contribution >= 0.6 is 0 Å². The van der Waals surface area contributed by atoms with Gasteiger partial charge in [-0.1, -0.05) is 12.1 Å². The van der Waals surface area contributed by atoms with Gasteiger partial charge in [-0.25, -0.2) is 8.42 Å². The van der Waals surface area contributed by atoms with Gasteiger partial charge in [0.2, 0.25) is 15.9 Å². The monoisotopic (exact) mass is 422 g/mol. The molecule has 8 heteroatoms. The number of sulfonamides is 1. The fourth-order valence-electron chi connectivity index (χ4n) is 4.03. The van der Waals surface area contributed by atoms with E-state index in [1.807, 2.05) is 11.8 Å². The number of carbonyl (C=O) groups excluding carboxylic acids is 2. The molecule has 2 fully saturated rings. The molecule has 0 N–H and O–H groups in total. The van der Waals surface area contributed by atoms with Crippen molar-refractivity contribution in [1.82, 2.24) is 9.21 Å². The molecule has 0 bridgehead atoms. The van der Waals surface area contributed by atoms with Crippen molar-refractivity contribution in [3.63, 3.8) is 0 Å². The zero-order valence-electron chi connectivity index (χ0n) is 17.2. The van der Waals surface area contributed by atoms with E-state index < -0.39 is 10.0 Å². The summed E-state index contributed by atoms with van der Waals surface area (Å²) in [5.74, 6) is 0.293. The Hall–Kier alpha value is -1.77. The maximum Gasteiger partial charge on any atom is 0.243 e. The van der Waals surface area contributed by atoms with E-state index >= 15 is 0 Å². The lowest BCUT2D eigenvalue weighted by Gasteiger charge is -2.34. The number of ketones is 1. The first kappa shape index (κ1) is 21.9. The lowest BCUT2D eigenvalue weighted by Crippen LogP contribution is -2.45. The predicted octanol–water partition coefficient (Wildman–Crippen LogP) is 2.17. The van der Waals surface area contributed by atoms with Crippen LogP contribution in [0.25, 0.3) is 0 Å². The molecule has 160 valence electrons. The summed E-state index contributed by atoms with van der Waals surface area (Å²) in [5.41, 5.74) is 0.487. The van der Waals surface area contributed by atoms with Gasteiger partial charge in [-0.05, 0) is 45.2 Å². The first-order chi connectivity index (χ1) is 13.8. The number of Topliss-reactive ketones (excluding diaryl/α,β-unsaturated/α-hetero) is 1. The van der Waals surface area contributed by atoms with Crippen LogP contribution in [-0.4, -0.2) is 68.7 Å². The molecular formula is C21H30N2O5S. The molecule has 2 aliphatic rings. The number of carbonyl (C=O) groups is 2. The van der Waals surface area contributed by atoms with Gasteiger partial charge in [-0.15, -0.1) is 0 Å². The third kappa shape index (κ3) is 5.05. The zero-order valence-corrected chi connectivity index (χ0v) is 18.0. The molecule has 1 atom stereocenters. The summed E-state index contributed by atoms with van der Waals surface area (Å²) < 4.78 is 32.7. The van der Waals surface area contributed by atoms with Gasteiger partial charge in [-0.2, -0.15) is 4.31 Å². The van der Waals surface area contributed by atoms with Crippen molar-refractivity contribution in [1.29, 1.82) is 0 Å². The number of rotatable bonds is 7. The van der Waals surface area contributed by atoms with Gasteiger partial charge < -0.3 is 9.64 Å². The minimum Gasteiger partial charge on any atom is -0.381 e. The summed E-state index contributed by atoms with van der Waals surface area (Å²) in [4.78, 5) is 26.4. The maximum atomic E-state index is 12.9. The number of benzene rings is 1. The summed E-state index contributed by atoms with van der Waals surface area (Å²) in [6.07, 6.45) is 2.05. The van der Waals surface area contributed by atoms with E-state index in [2.05, 4.69) is 0 Å². The molecule has 0 spiro atoms. The standard InChI is InChI=1S/C21H30N2O5S/c1-3-22(14-17-10-13-28-15-17)21(25)19-8-11-23(12-9-19)29(26,27)20-6-4-18(5-7-20)16(2)24/h4-7,17,19H,3,8-15H2,1-2H3. The van der Waals surface area contributed by atoms with Gasteiger partial charge in [0.1, 0.15) is 0 Å². The van der Waals surface area contributed by atoms with Gasteiger partial charge in [-0.3, -0.25) is 9.59 Å². The quantitative estimate of drug-likeness (QED) is 0.629. The van der Waals surface area contributed by atoms with Crippen LogP contribution in [0.3, 0.4) is 0 Å². The second-order valence-electron chi connectivity index (χ2n) is 7.87. The Morgan fingerprint density at radius 1 is 1.14 bits per heavy atom.